The third-order valence-corrected chi connectivity index (χ3v) is 4.52. The van der Waals surface area contributed by atoms with E-state index in [1.54, 1.807) is 6.07 Å². The van der Waals surface area contributed by atoms with E-state index in [1.165, 1.54) is 6.07 Å². The molecule has 1 atom stereocenters. The van der Waals surface area contributed by atoms with Crippen LogP contribution in [-0.4, -0.2) is 5.11 Å². The lowest BCUT2D eigenvalue weighted by atomic mass is 9.82. The Morgan fingerprint density at radius 3 is 2.18 bits per heavy atom. The summed E-state index contributed by atoms with van der Waals surface area (Å²) >= 11 is 0. The van der Waals surface area contributed by atoms with E-state index in [1.807, 2.05) is 61.5 Å². The SMILES string of the molecule is Cc1ccccc1C1(O)c2ccccc2-c2cccc(F)c21. The van der Waals surface area contributed by atoms with Gasteiger partial charge in [-0.2, -0.15) is 0 Å². The van der Waals surface area contributed by atoms with Gasteiger partial charge in [-0.25, -0.2) is 4.39 Å². The lowest BCUT2D eigenvalue weighted by Gasteiger charge is -2.28. The first-order chi connectivity index (χ1) is 10.6. The first-order valence-electron chi connectivity index (χ1n) is 7.31. The third-order valence-electron chi connectivity index (χ3n) is 4.52. The molecular formula is C20H15FO. The quantitative estimate of drug-likeness (QED) is 0.704. The van der Waals surface area contributed by atoms with Crippen LogP contribution in [0.3, 0.4) is 0 Å². The van der Waals surface area contributed by atoms with Crippen molar-refractivity contribution in [1.29, 1.82) is 0 Å². The van der Waals surface area contributed by atoms with Crippen LogP contribution in [0, 0.1) is 12.7 Å². The van der Waals surface area contributed by atoms with Crippen LogP contribution >= 0.6 is 0 Å². The van der Waals surface area contributed by atoms with Gasteiger partial charge in [-0.15, -0.1) is 0 Å². The van der Waals surface area contributed by atoms with Crippen molar-refractivity contribution in [2.45, 2.75) is 12.5 Å². The second kappa shape index (κ2) is 4.52. The Labute approximate surface area is 128 Å². The first-order valence-corrected chi connectivity index (χ1v) is 7.31. The van der Waals surface area contributed by atoms with Crippen LogP contribution in [-0.2, 0) is 5.60 Å². The molecule has 0 amide bonds. The van der Waals surface area contributed by atoms with Gasteiger partial charge in [0.15, 0.2) is 0 Å². The van der Waals surface area contributed by atoms with Gasteiger partial charge in [-0.1, -0.05) is 60.7 Å². The van der Waals surface area contributed by atoms with Crippen LogP contribution in [0.2, 0.25) is 0 Å². The van der Waals surface area contributed by atoms with Gasteiger partial charge in [-0.3, -0.25) is 0 Å². The number of aryl methyl sites for hydroxylation is 1. The molecule has 0 aliphatic heterocycles. The molecule has 0 bridgehead atoms. The predicted molar refractivity (Wildman–Crippen MR) is 85.1 cm³/mol. The van der Waals surface area contributed by atoms with Crippen LogP contribution in [0.15, 0.2) is 66.7 Å². The number of rotatable bonds is 1. The molecule has 0 saturated carbocycles. The van der Waals surface area contributed by atoms with E-state index in [2.05, 4.69) is 0 Å². The minimum absolute atomic E-state index is 0.352. The van der Waals surface area contributed by atoms with E-state index in [9.17, 15) is 9.50 Å². The molecule has 2 heteroatoms. The first kappa shape index (κ1) is 13.2. The fourth-order valence-corrected chi connectivity index (χ4v) is 3.54. The normalized spacial score (nSPS) is 18.9. The average molecular weight is 290 g/mol. The van der Waals surface area contributed by atoms with Crippen molar-refractivity contribution >= 4 is 0 Å². The molecule has 0 aromatic heterocycles. The molecule has 108 valence electrons. The van der Waals surface area contributed by atoms with Gasteiger partial charge >= 0.3 is 0 Å². The van der Waals surface area contributed by atoms with Crippen LogP contribution < -0.4 is 0 Å². The monoisotopic (exact) mass is 290 g/mol. The zero-order valence-corrected chi connectivity index (χ0v) is 12.2. The molecular weight excluding hydrogens is 275 g/mol. The molecule has 3 aromatic rings. The molecule has 3 aromatic carbocycles. The smallest absolute Gasteiger partial charge is 0.144 e. The van der Waals surface area contributed by atoms with E-state index in [0.29, 0.717) is 5.56 Å². The van der Waals surface area contributed by atoms with Gasteiger partial charge in [0.25, 0.3) is 0 Å². The highest BCUT2D eigenvalue weighted by molar-refractivity contribution is 5.82. The minimum Gasteiger partial charge on any atom is -0.376 e. The third kappa shape index (κ3) is 1.56. The van der Waals surface area contributed by atoms with Gasteiger partial charge in [0.05, 0.1) is 0 Å². The van der Waals surface area contributed by atoms with Crippen LogP contribution in [0.1, 0.15) is 22.3 Å². The zero-order chi connectivity index (χ0) is 15.3. The Kier molecular flexibility index (Phi) is 2.72. The summed E-state index contributed by atoms with van der Waals surface area (Å²) in [5.74, 6) is -0.376. The van der Waals surface area contributed by atoms with Gasteiger partial charge in [0.2, 0.25) is 0 Å². The molecule has 1 nitrogen and oxygen atoms in total. The zero-order valence-electron chi connectivity index (χ0n) is 12.2. The molecule has 0 saturated heterocycles. The number of hydrogen-bond acceptors (Lipinski definition) is 1. The van der Waals surface area contributed by atoms with Crippen molar-refractivity contribution < 1.29 is 9.50 Å². The molecule has 0 fully saturated rings. The maximum atomic E-state index is 14.6. The number of hydrogen-bond donors (Lipinski definition) is 1. The summed E-state index contributed by atoms with van der Waals surface area (Å²) in [6.45, 7) is 1.94. The van der Waals surface area contributed by atoms with E-state index < -0.39 is 5.60 Å². The highest BCUT2D eigenvalue weighted by Gasteiger charge is 2.45. The highest BCUT2D eigenvalue weighted by Crippen LogP contribution is 2.52. The van der Waals surface area contributed by atoms with Gasteiger partial charge < -0.3 is 5.11 Å². The fraction of sp³-hybridized carbons (Fsp3) is 0.100. The Balaban J connectivity index is 2.15. The molecule has 1 aliphatic carbocycles. The lowest BCUT2D eigenvalue weighted by molar-refractivity contribution is 0.125. The topological polar surface area (TPSA) is 20.2 Å². The number of aliphatic hydroxyl groups is 1. The largest absolute Gasteiger partial charge is 0.376 e. The summed E-state index contributed by atoms with van der Waals surface area (Å²) in [5, 5.41) is 11.6. The van der Waals surface area contributed by atoms with Gasteiger partial charge in [-0.05, 0) is 35.2 Å². The Morgan fingerprint density at radius 2 is 1.41 bits per heavy atom. The van der Waals surface area contributed by atoms with Gasteiger partial charge in [0, 0.05) is 11.1 Å². The highest BCUT2D eigenvalue weighted by atomic mass is 19.1. The molecule has 0 spiro atoms. The van der Waals surface area contributed by atoms with Crippen molar-refractivity contribution in [1.82, 2.24) is 0 Å². The number of fused-ring (bicyclic) bond motifs is 3. The summed E-state index contributed by atoms with van der Waals surface area (Å²) in [5.41, 5.74) is 2.98. The second-order valence-electron chi connectivity index (χ2n) is 5.73. The van der Waals surface area contributed by atoms with Crippen LogP contribution in [0.5, 0.6) is 0 Å². The molecule has 22 heavy (non-hydrogen) atoms. The summed E-state index contributed by atoms with van der Waals surface area (Å²) in [4.78, 5) is 0. The molecule has 1 N–H and O–H groups in total. The second-order valence-corrected chi connectivity index (χ2v) is 5.73. The summed E-state index contributed by atoms with van der Waals surface area (Å²) in [7, 11) is 0. The number of halogens is 1. The summed E-state index contributed by atoms with van der Waals surface area (Å²) < 4.78 is 14.6. The molecule has 0 radical (unpaired) electrons. The van der Waals surface area contributed by atoms with Gasteiger partial charge in [0.1, 0.15) is 11.4 Å². The van der Waals surface area contributed by atoms with E-state index in [0.717, 1.165) is 27.8 Å². The van der Waals surface area contributed by atoms with Crippen molar-refractivity contribution in [2.24, 2.45) is 0 Å². The predicted octanol–water partition coefficient (Wildman–Crippen LogP) is 4.40. The fourth-order valence-electron chi connectivity index (χ4n) is 3.54. The number of benzene rings is 3. The van der Waals surface area contributed by atoms with Crippen molar-refractivity contribution in [3.63, 3.8) is 0 Å². The maximum absolute atomic E-state index is 14.6. The van der Waals surface area contributed by atoms with Crippen LogP contribution in [0.4, 0.5) is 4.39 Å². The van der Waals surface area contributed by atoms with Crippen molar-refractivity contribution in [3.05, 3.63) is 94.8 Å². The van der Waals surface area contributed by atoms with E-state index >= 15 is 0 Å². The lowest BCUT2D eigenvalue weighted by Crippen LogP contribution is -2.28. The average Bonchev–Trinajstić information content (AvgIpc) is 2.80. The molecule has 0 heterocycles. The maximum Gasteiger partial charge on any atom is 0.144 e. The van der Waals surface area contributed by atoms with Crippen molar-refractivity contribution in [3.8, 4) is 11.1 Å². The molecule has 1 unspecified atom stereocenters. The van der Waals surface area contributed by atoms with E-state index in [-0.39, 0.29) is 5.82 Å². The molecule has 4 rings (SSSR count). The Hall–Kier alpha value is -2.45. The van der Waals surface area contributed by atoms with Crippen molar-refractivity contribution in [2.75, 3.05) is 0 Å². The Bertz CT molecular complexity index is 884. The van der Waals surface area contributed by atoms with Crippen LogP contribution in [0.25, 0.3) is 11.1 Å². The standard InChI is InChI=1S/C20H15FO/c1-13-7-2-4-10-16(13)20(22)17-11-5-3-8-14(17)15-9-6-12-18(21)19(15)20/h2-12,22H,1H3. The summed E-state index contributed by atoms with van der Waals surface area (Å²) in [6, 6.07) is 20.2. The minimum atomic E-state index is -1.44. The Morgan fingerprint density at radius 1 is 0.773 bits per heavy atom. The molecule has 1 aliphatic rings. The van der Waals surface area contributed by atoms with E-state index in [4.69, 9.17) is 0 Å². The summed E-state index contributed by atoms with van der Waals surface area (Å²) in [6.07, 6.45) is 0.